The van der Waals surface area contributed by atoms with E-state index in [0.717, 1.165) is 55.5 Å². The molecule has 0 spiro atoms. The first-order chi connectivity index (χ1) is 10.9. The Kier molecular flexibility index (Phi) is 3.40. The van der Waals surface area contributed by atoms with Gasteiger partial charge in [-0.05, 0) is 37.2 Å². The minimum atomic E-state index is 0.720. The van der Waals surface area contributed by atoms with Gasteiger partial charge in [-0.15, -0.1) is 15.3 Å². The lowest BCUT2D eigenvalue weighted by Crippen LogP contribution is -2.29. The average molecular weight is 295 g/mol. The summed E-state index contributed by atoms with van der Waals surface area (Å²) >= 11 is 0. The predicted octanol–water partition coefficient (Wildman–Crippen LogP) is 0.986. The van der Waals surface area contributed by atoms with Crippen LogP contribution in [0.3, 0.4) is 0 Å². The van der Waals surface area contributed by atoms with Gasteiger partial charge in [0.15, 0.2) is 11.5 Å². The number of rotatable bonds is 2. The van der Waals surface area contributed by atoms with Crippen LogP contribution in [0.4, 0.5) is 5.82 Å². The topological polar surface area (TPSA) is 71.2 Å². The van der Waals surface area contributed by atoms with Crippen LogP contribution >= 0.6 is 0 Å². The zero-order chi connectivity index (χ0) is 14.8. The van der Waals surface area contributed by atoms with Crippen molar-refractivity contribution in [2.45, 2.75) is 6.42 Å². The SMILES string of the molecule is c1cncc(-c2nnc3ccc(N4CCCNCC4)nn23)c1. The van der Waals surface area contributed by atoms with Gasteiger partial charge in [0.25, 0.3) is 0 Å². The number of hydrogen-bond acceptors (Lipinski definition) is 6. The van der Waals surface area contributed by atoms with Gasteiger partial charge in [0, 0.05) is 37.6 Å². The first-order valence-electron chi connectivity index (χ1n) is 7.50. The predicted molar refractivity (Wildman–Crippen MR) is 83.7 cm³/mol. The number of hydrogen-bond donors (Lipinski definition) is 1. The van der Waals surface area contributed by atoms with Crippen LogP contribution < -0.4 is 10.2 Å². The highest BCUT2D eigenvalue weighted by Gasteiger charge is 2.14. The fraction of sp³-hybridized carbons (Fsp3) is 0.333. The molecule has 3 aromatic heterocycles. The summed E-state index contributed by atoms with van der Waals surface area (Å²) in [7, 11) is 0. The molecule has 1 saturated heterocycles. The van der Waals surface area contributed by atoms with Crippen molar-refractivity contribution < 1.29 is 0 Å². The number of nitrogens with one attached hydrogen (secondary N) is 1. The van der Waals surface area contributed by atoms with E-state index >= 15 is 0 Å². The van der Waals surface area contributed by atoms with Crippen molar-refractivity contribution in [2.75, 3.05) is 31.1 Å². The van der Waals surface area contributed by atoms with Crippen LogP contribution in [0.2, 0.25) is 0 Å². The van der Waals surface area contributed by atoms with E-state index in [1.54, 1.807) is 16.9 Å². The van der Waals surface area contributed by atoms with Crippen molar-refractivity contribution in [3.05, 3.63) is 36.7 Å². The van der Waals surface area contributed by atoms with Crippen LogP contribution in [-0.4, -0.2) is 51.0 Å². The van der Waals surface area contributed by atoms with Crippen molar-refractivity contribution in [1.29, 1.82) is 0 Å². The molecule has 112 valence electrons. The molecular formula is C15H17N7. The van der Waals surface area contributed by atoms with Crippen LogP contribution in [0.5, 0.6) is 0 Å². The van der Waals surface area contributed by atoms with Gasteiger partial charge in [-0.1, -0.05) is 0 Å². The maximum Gasteiger partial charge on any atom is 0.187 e. The molecule has 0 amide bonds. The second kappa shape index (κ2) is 5.69. The Morgan fingerprint density at radius 1 is 1.05 bits per heavy atom. The quantitative estimate of drug-likeness (QED) is 0.760. The van der Waals surface area contributed by atoms with E-state index < -0.39 is 0 Å². The van der Waals surface area contributed by atoms with E-state index in [0.29, 0.717) is 0 Å². The normalized spacial score (nSPS) is 15.9. The third-order valence-electron chi connectivity index (χ3n) is 3.83. The van der Waals surface area contributed by atoms with E-state index in [9.17, 15) is 0 Å². The number of pyridine rings is 1. The highest BCUT2D eigenvalue weighted by molar-refractivity contribution is 5.58. The van der Waals surface area contributed by atoms with Gasteiger partial charge in [-0.2, -0.15) is 4.52 Å². The smallest absolute Gasteiger partial charge is 0.187 e. The monoisotopic (exact) mass is 295 g/mol. The third kappa shape index (κ3) is 2.39. The molecule has 0 aromatic carbocycles. The maximum absolute atomic E-state index is 4.74. The molecule has 0 aliphatic carbocycles. The molecule has 1 aliphatic heterocycles. The summed E-state index contributed by atoms with van der Waals surface area (Å²) in [5.74, 6) is 1.68. The molecule has 0 radical (unpaired) electrons. The van der Waals surface area contributed by atoms with Crippen LogP contribution in [0.25, 0.3) is 17.0 Å². The molecule has 0 unspecified atom stereocenters. The first-order valence-corrected chi connectivity index (χ1v) is 7.50. The van der Waals surface area contributed by atoms with Gasteiger partial charge in [0.1, 0.15) is 5.82 Å². The van der Waals surface area contributed by atoms with E-state index in [4.69, 9.17) is 5.10 Å². The summed E-state index contributed by atoms with van der Waals surface area (Å²) < 4.78 is 1.80. The molecule has 4 heterocycles. The van der Waals surface area contributed by atoms with E-state index in [2.05, 4.69) is 25.4 Å². The van der Waals surface area contributed by atoms with Crippen LogP contribution in [0.15, 0.2) is 36.7 Å². The Hall–Kier alpha value is -2.54. The van der Waals surface area contributed by atoms with Gasteiger partial charge >= 0.3 is 0 Å². The summed E-state index contributed by atoms with van der Waals surface area (Å²) in [6, 6.07) is 7.84. The second-order valence-electron chi connectivity index (χ2n) is 5.32. The first kappa shape index (κ1) is 13.1. The summed E-state index contributed by atoms with van der Waals surface area (Å²) in [5.41, 5.74) is 1.66. The van der Waals surface area contributed by atoms with E-state index in [1.165, 1.54) is 0 Å². The standard InChI is InChI=1S/C15H17N7/c1-3-12(11-17-6-1)15-19-18-13-4-5-14(20-22(13)15)21-9-2-7-16-8-10-21/h1,3-6,11,16H,2,7-10H2. The maximum atomic E-state index is 4.74. The van der Waals surface area contributed by atoms with Gasteiger partial charge in [-0.3, -0.25) is 4.98 Å². The molecule has 7 nitrogen and oxygen atoms in total. The lowest BCUT2D eigenvalue weighted by Gasteiger charge is -2.20. The Morgan fingerprint density at radius 2 is 2.05 bits per heavy atom. The van der Waals surface area contributed by atoms with Crippen molar-refractivity contribution in [1.82, 2.24) is 30.1 Å². The molecule has 3 aromatic rings. The van der Waals surface area contributed by atoms with Crippen LogP contribution in [0, 0.1) is 0 Å². The molecule has 1 aliphatic rings. The highest BCUT2D eigenvalue weighted by atomic mass is 15.4. The van der Waals surface area contributed by atoms with E-state index in [1.807, 2.05) is 24.3 Å². The molecule has 1 N–H and O–H groups in total. The molecule has 0 saturated carbocycles. The number of fused-ring (bicyclic) bond motifs is 1. The zero-order valence-electron chi connectivity index (χ0n) is 12.2. The second-order valence-corrected chi connectivity index (χ2v) is 5.32. The van der Waals surface area contributed by atoms with Crippen LogP contribution in [0.1, 0.15) is 6.42 Å². The number of aromatic nitrogens is 5. The molecule has 1 fully saturated rings. The van der Waals surface area contributed by atoms with E-state index in [-0.39, 0.29) is 0 Å². The molecular weight excluding hydrogens is 278 g/mol. The van der Waals surface area contributed by atoms with Crippen molar-refractivity contribution in [2.24, 2.45) is 0 Å². The lowest BCUT2D eigenvalue weighted by atomic mass is 10.3. The fourth-order valence-corrected chi connectivity index (χ4v) is 2.70. The van der Waals surface area contributed by atoms with Crippen molar-refractivity contribution in [3.63, 3.8) is 0 Å². The molecule has 0 bridgehead atoms. The lowest BCUT2D eigenvalue weighted by molar-refractivity contribution is 0.724. The third-order valence-corrected chi connectivity index (χ3v) is 3.83. The fourth-order valence-electron chi connectivity index (χ4n) is 2.70. The average Bonchev–Trinajstić information content (AvgIpc) is 2.80. The summed E-state index contributed by atoms with van der Waals surface area (Å²) in [6.07, 6.45) is 4.65. The Labute approximate surface area is 128 Å². The summed E-state index contributed by atoms with van der Waals surface area (Å²) in [5, 5.41) is 16.6. The largest absolute Gasteiger partial charge is 0.354 e. The zero-order valence-corrected chi connectivity index (χ0v) is 12.2. The summed E-state index contributed by atoms with van der Waals surface area (Å²) in [6.45, 7) is 4.02. The van der Waals surface area contributed by atoms with Crippen molar-refractivity contribution >= 4 is 11.5 Å². The summed E-state index contributed by atoms with van der Waals surface area (Å²) in [4.78, 5) is 6.44. The van der Waals surface area contributed by atoms with Gasteiger partial charge in [0.05, 0.1) is 0 Å². The minimum absolute atomic E-state index is 0.720. The Bertz CT molecular complexity index is 760. The van der Waals surface area contributed by atoms with Crippen molar-refractivity contribution in [3.8, 4) is 11.4 Å². The Morgan fingerprint density at radius 3 is 2.95 bits per heavy atom. The molecule has 22 heavy (non-hydrogen) atoms. The molecule has 0 atom stereocenters. The molecule has 4 rings (SSSR count). The highest BCUT2D eigenvalue weighted by Crippen LogP contribution is 2.19. The van der Waals surface area contributed by atoms with Gasteiger partial charge < -0.3 is 10.2 Å². The molecule has 7 heteroatoms. The number of nitrogens with zero attached hydrogens (tertiary/aromatic N) is 6. The van der Waals surface area contributed by atoms with Gasteiger partial charge in [-0.25, -0.2) is 0 Å². The number of anilines is 1. The van der Waals surface area contributed by atoms with Crippen LogP contribution in [-0.2, 0) is 0 Å². The van der Waals surface area contributed by atoms with Gasteiger partial charge in [0.2, 0.25) is 0 Å². The Balaban J connectivity index is 1.76. The minimum Gasteiger partial charge on any atom is -0.354 e.